The lowest BCUT2D eigenvalue weighted by Crippen LogP contribution is -2.24. The Morgan fingerprint density at radius 3 is 1.67 bits per heavy atom. The van der Waals surface area contributed by atoms with Crippen molar-refractivity contribution >= 4 is 9.28 Å². The second kappa shape index (κ2) is 13.6. The zero-order valence-corrected chi connectivity index (χ0v) is 14.2. The molecule has 2 nitrogen and oxygen atoms in total. The van der Waals surface area contributed by atoms with Gasteiger partial charge in [0.15, 0.2) is 0 Å². The van der Waals surface area contributed by atoms with Crippen molar-refractivity contribution in [3.8, 4) is 0 Å². The van der Waals surface area contributed by atoms with Gasteiger partial charge < -0.3 is 8.85 Å². The molecule has 18 heavy (non-hydrogen) atoms. The molecule has 1 unspecified atom stereocenters. The van der Waals surface area contributed by atoms with Crippen LogP contribution >= 0.6 is 0 Å². The van der Waals surface area contributed by atoms with E-state index in [1.165, 1.54) is 64.2 Å². The predicted octanol–water partition coefficient (Wildman–Crippen LogP) is 4.81. The summed E-state index contributed by atoms with van der Waals surface area (Å²) in [6.07, 6.45) is 13.9. The Kier molecular flexibility index (Phi) is 13.7. The van der Waals surface area contributed by atoms with E-state index in [0.29, 0.717) is 5.54 Å². The Morgan fingerprint density at radius 2 is 1.22 bits per heavy atom. The molecule has 0 heterocycles. The molecule has 0 saturated heterocycles. The van der Waals surface area contributed by atoms with Gasteiger partial charge in [-0.05, 0) is 12.0 Å². The summed E-state index contributed by atoms with van der Waals surface area (Å²) in [5.41, 5.74) is 0.643. The van der Waals surface area contributed by atoms with Gasteiger partial charge in [0.25, 0.3) is 0 Å². The van der Waals surface area contributed by atoms with Crippen LogP contribution in [0.4, 0.5) is 0 Å². The molecule has 0 spiro atoms. The van der Waals surface area contributed by atoms with Gasteiger partial charge in [-0.1, -0.05) is 71.6 Å². The lowest BCUT2D eigenvalue weighted by molar-refractivity contribution is 0.264. The molecule has 0 aliphatic rings. The normalized spacial score (nSPS) is 13.2. The van der Waals surface area contributed by atoms with E-state index in [-0.39, 0.29) is 0 Å². The first-order valence-corrected chi connectivity index (χ1v) is 9.42. The van der Waals surface area contributed by atoms with Crippen molar-refractivity contribution in [2.24, 2.45) is 0 Å². The summed E-state index contributed by atoms with van der Waals surface area (Å²) >= 11 is 0. The molecule has 0 aromatic rings. The largest absolute Gasteiger partial charge is 0.400 e. The molecule has 0 aromatic carbocycles. The third-order valence-electron chi connectivity index (χ3n) is 3.69. The van der Waals surface area contributed by atoms with Crippen molar-refractivity contribution in [1.29, 1.82) is 0 Å². The quantitative estimate of drug-likeness (QED) is 0.354. The van der Waals surface area contributed by atoms with Crippen LogP contribution in [0.5, 0.6) is 0 Å². The minimum absolute atomic E-state index is 0.643. The second-order valence-electron chi connectivity index (χ2n) is 5.43. The van der Waals surface area contributed by atoms with Gasteiger partial charge in [-0.2, -0.15) is 0 Å². The first-order valence-electron chi connectivity index (χ1n) is 7.81. The first-order chi connectivity index (χ1) is 8.76. The minimum atomic E-state index is -1.36. The summed E-state index contributed by atoms with van der Waals surface area (Å²) in [4.78, 5) is 0. The zero-order chi connectivity index (χ0) is 13.6. The smallest absolute Gasteiger partial charge is 0.323 e. The van der Waals surface area contributed by atoms with Crippen LogP contribution in [-0.4, -0.2) is 23.5 Å². The molecule has 0 aliphatic heterocycles. The van der Waals surface area contributed by atoms with Crippen LogP contribution in [0, 0.1) is 0 Å². The van der Waals surface area contributed by atoms with Crippen molar-refractivity contribution in [2.45, 2.75) is 83.6 Å². The van der Waals surface area contributed by atoms with E-state index in [0.717, 1.165) is 0 Å². The summed E-state index contributed by atoms with van der Waals surface area (Å²) in [5, 5.41) is 0. The molecule has 1 atom stereocenters. The van der Waals surface area contributed by atoms with E-state index in [1.807, 2.05) is 0 Å². The Morgan fingerprint density at radius 1 is 0.778 bits per heavy atom. The highest BCUT2D eigenvalue weighted by atomic mass is 28.3. The van der Waals surface area contributed by atoms with Crippen molar-refractivity contribution in [2.75, 3.05) is 14.2 Å². The van der Waals surface area contributed by atoms with Crippen LogP contribution in [-0.2, 0) is 8.85 Å². The first kappa shape index (κ1) is 18.1. The predicted molar refractivity (Wildman–Crippen MR) is 82.4 cm³/mol. The van der Waals surface area contributed by atoms with Crippen LogP contribution in [0.25, 0.3) is 0 Å². The number of rotatable bonds is 13. The van der Waals surface area contributed by atoms with Gasteiger partial charge in [0.2, 0.25) is 0 Å². The summed E-state index contributed by atoms with van der Waals surface area (Å²) in [5.74, 6) is 0. The number of hydrogen-bond acceptors (Lipinski definition) is 2. The van der Waals surface area contributed by atoms with Crippen molar-refractivity contribution in [1.82, 2.24) is 0 Å². The third kappa shape index (κ3) is 10.1. The lowest BCUT2D eigenvalue weighted by atomic mass is 10.1. The summed E-state index contributed by atoms with van der Waals surface area (Å²) in [6.45, 7) is 4.55. The molecule has 0 amide bonds. The number of hydrogen-bond donors (Lipinski definition) is 0. The van der Waals surface area contributed by atoms with Gasteiger partial charge in [0, 0.05) is 14.2 Å². The van der Waals surface area contributed by atoms with E-state index < -0.39 is 9.28 Å². The molecule has 0 rings (SSSR count). The van der Waals surface area contributed by atoms with Gasteiger partial charge in [-0.25, -0.2) is 0 Å². The summed E-state index contributed by atoms with van der Waals surface area (Å²) < 4.78 is 10.8. The highest BCUT2D eigenvalue weighted by Crippen LogP contribution is 2.20. The SMILES string of the molecule is CCCCCCCCCCCC(C)[SiH](OC)OC. The second-order valence-corrected chi connectivity index (χ2v) is 8.25. The summed E-state index contributed by atoms with van der Waals surface area (Å²) in [7, 11) is 2.21. The average Bonchev–Trinajstić information content (AvgIpc) is 2.38. The van der Waals surface area contributed by atoms with Gasteiger partial charge in [-0.3, -0.25) is 0 Å². The van der Waals surface area contributed by atoms with Crippen LogP contribution in [0.2, 0.25) is 5.54 Å². The topological polar surface area (TPSA) is 18.5 Å². The van der Waals surface area contributed by atoms with E-state index in [1.54, 1.807) is 14.2 Å². The maximum atomic E-state index is 5.41. The standard InChI is InChI=1S/C15H34O2Si/c1-5-6-7-8-9-10-11-12-13-14-15(2)18(16-3)17-4/h15,18H,5-14H2,1-4H3. The van der Waals surface area contributed by atoms with Crippen LogP contribution < -0.4 is 0 Å². The van der Waals surface area contributed by atoms with E-state index in [4.69, 9.17) is 8.85 Å². The highest BCUT2D eigenvalue weighted by Gasteiger charge is 2.18. The fourth-order valence-electron chi connectivity index (χ4n) is 2.47. The monoisotopic (exact) mass is 274 g/mol. The number of unbranched alkanes of at least 4 members (excludes halogenated alkanes) is 8. The summed E-state index contributed by atoms with van der Waals surface area (Å²) in [6, 6.07) is 0. The highest BCUT2D eigenvalue weighted by molar-refractivity contribution is 6.46. The molecule has 3 heteroatoms. The maximum Gasteiger partial charge on any atom is 0.323 e. The van der Waals surface area contributed by atoms with Crippen LogP contribution in [0.3, 0.4) is 0 Å². The molecule has 0 N–H and O–H groups in total. The lowest BCUT2D eigenvalue weighted by Gasteiger charge is -2.18. The third-order valence-corrected chi connectivity index (χ3v) is 5.88. The maximum absolute atomic E-state index is 5.41. The van der Waals surface area contributed by atoms with Crippen molar-refractivity contribution in [3.63, 3.8) is 0 Å². The Bertz CT molecular complexity index is 161. The molecule has 0 saturated carbocycles. The molecular formula is C15H34O2Si. The van der Waals surface area contributed by atoms with Gasteiger partial charge >= 0.3 is 9.28 Å². The van der Waals surface area contributed by atoms with Crippen molar-refractivity contribution < 1.29 is 8.85 Å². The van der Waals surface area contributed by atoms with E-state index in [9.17, 15) is 0 Å². The Hall–Kier alpha value is 0.137. The molecule has 0 bridgehead atoms. The zero-order valence-electron chi connectivity index (χ0n) is 13.0. The Labute approximate surface area is 116 Å². The van der Waals surface area contributed by atoms with E-state index >= 15 is 0 Å². The molecular weight excluding hydrogens is 240 g/mol. The van der Waals surface area contributed by atoms with Gasteiger partial charge in [0.1, 0.15) is 0 Å². The average molecular weight is 275 g/mol. The fourth-order valence-corrected chi connectivity index (χ4v) is 4.10. The molecule has 0 fully saturated rings. The minimum Gasteiger partial charge on any atom is -0.400 e. The molecule has 0 aliphatic carbocycles. The molecule has 0 aromatic heterocycles. The van der Waals surface area contributed by atoms with E-state index in [2.05, 4.69) is 13.8 Å². The molecule has 110 valence electrons. The van der Waals surface area contributed by atoms with Crippen LogP contribution in [0.1, 0.15) is 78.1 Å². The fraction of sp³-hybridized carbons (Fsp3) is 1.00. The van der Waals surface area contributed by atoms with Crippen molar-refractivity contribution in [3.05, 3.63) is 0 Å². The van der Waals surface area contributed by atoms with Crippen LogP contribution in [0.15, 0.2) is 0 Å². The van der Waals surface area contributed by atoms with Gasteiger partial charge in [-0.15, -0.1) is 0 Å². The molecule has 0 radical (unpaired) electrons. The van der Waals surface area contributed by atoms with Gasteiger partial charge in [0.05, 0.1) is 0 Å². The Balaban J connectivity index is 3.24.